The van der Waals surface area contributed by atoms with Gasteiger partial charge in [0.2, 0.25) is 0 Å². The molecule has 0 aromatic heterocycles. The topological polar surface area (TPSA) is 117 Å². The van der Waals surface area contributed by atoms with Gasteiger partial charge in [0, 0.05) is 11.3 Å². The van der Waals surface area contributed by atoms with Gasteiger partial charge in [0.1, 0.15) is 18.4 Å². The highest BCUT2D eigenvalue weighted by molar-refractivity contribution is 6.19. The van der Waals surface area contributed by atoms with E-state index < -0.39 is 36.1 Å². The summed E-state index contributed by atoms with van der Waals surface area (Å²) in [5.41, 5.74) is 1.16. The van der Waals surface area contributed by atoms with Gasteiger partial charge >= 0.3 is 5.97 Å². The highest BCUT2D eigenvalue weighted by Crippen LogP contribution is 2.22. The molecule has 1 rings (SSSR count). The van der Waals surface area contributed by atoms with Gasteiger partial charge in [-0.2, -0.15) is 0 Å². The van der Waals surface area contributed by atoms with Crippen molar-refractivity contribution in [3.05, 3.63) is 46.7 Å². The maximum atomic E-state index is 12.6. The van der Waals surface area contributed by atoms with Gasteiger partial charge in [-0.25, -0.2) is 4.79 Å². The molecule has 30 heavy (non-hydrogen) atoms. The fourth-order valence-corrected chi connectivity index (χ4v) is 2.83. The average molecular weight is 417 g/mol. The monoisotopic (exact) mass is 416 g/mol. The second-order valence-corrected chi connectivity index (χ2v) is 8.63. The van der Waals surface area contributed by atoms with Crippen molar-refractivity contribution >= 4 is 23.4 Å². The van der Waals surface area contributed by atoms with Gasteiger partial charge in [0.05, 0.1) is 5.57 Å². The number of amides is 1. The molecule has 1 aromatic rings. The Kier molecular flexibility index (Phi) is 8.51. The molecule has 0 fully saturated rings. The summed E-state index contributed by atoms with van der Waals surface area (Å²) in [6.07, 6.45) is 0. The lowest BCUT2D eigenvalue weighted by Gasteiger charge is -2.22. The molecule has 0 aliphatic heterocycles. The molecule has 0 saturated carbocycles. The average Bonchev–Trinajstić information content (AvgIpc) is 2.62. The van der Waals surface area contributed by atoms with Crippen molar-refractivity contribution in [3.63, 3.8) is 0 Å². The molecule has 0 saturated heterocycles. The zero-order valence-corrected chi connectivity index (χ0v) is 18.8. The van der Waals surface area contributed by atoms with Crippen LogP contribution in [0.4, 0.5) is 0 Å². The van der Waals surface area contributed by atoms with Crippen LogP contribution in [0, 0.1) is 11.3 Å². The molecule has 1 aromatic carbocycles. The lowest BCUT2D eigenvalue weighted by atomic mass is 9.86. The van der Waals surface area contributed by atoms with E-state index in [-0.39, 0.29) is 22.6 Å². The van der Waals surface area contributed by atoms with Crippen molar-refractivity contribution < 1.29 is 24.2 Å². The van der Waals surface area contributed by atoms with Crippen molar-refractivity contribution in [3.8, 4) is 0 Å². The Balaban J connectivity index is 2.90. The molecule has 0 aliphatic rings. The Morgan fingerprint density at radius 3 is 2.03 bits per heavy atom. The second-order valence-electron chi connectivity index (χ2n) is 8.63. The third-order valence-corrected chi connectivity index (χ3v) is 4.59. The molecule has 0 spiro atoms. The molecule has 1 atom stereocenters. The number of carbonyl (C=O) groups is 3. The van der Waals surface area contributed by atoms with Gasteiger partial charge < -0.3 is 20.6 Å². The van der Waals surface area contributed by atoms with Crippen LogP contribution in [0.5, 0.6) is 0 Å². The molecular weight excluding hydrogens is 384 g/mol. The van der Waals surface area contributed by atoms with Gasteiger partial charge in [0.25, 0.3) is 5.91 Å². The fourth-order valence-electron chi connectivity index (χ4n) is 2.83. The molecule has 0 aliphatic carbocycles. The third kappa shape index (κ3) is 6.83. The fraction of sp³-hybridized carbons (Fsp3) is 0.478. The summed E-state index contributed by atoms with van der Waals surface area (Å²) in [4.78, 5) is 36.6. The Bertz CT molecular complexity index is 829. The summed E-state index contributed by atoms with van der Waals surface area (Å²) in [6.45, 7) is 11.8. The molecule has 0 heterocycles. The number of hydrogen-bond acceptors (Lipinski definition) is 6. The van der Waals surface area contributed by atoms with E-state index in [2.05, 4.69) is 26.1 Å². The van der Waals surface area contributed by atoms with Gasteiger partial charge in [-0.3, -0.25) is 9.59 Å². The number of carbonyl (C=O) groups excluding carboxylic acids is 3. The van der Waals surface area contributed by atoms with Crippen LogP contribution in [-0.4, -0.2) is 41.1 Å². The molecule has 0 unspecified atom stereocenters. The number of Topliss-reactive ketones (excluding diaryl/α,β-unsaturated/α-hetero) is 1. The first kappa shape index (κ1) is 25.1. The van der Waals surface area contributed by atoms with Gasteiger partial charge in [-0.15, -0.1) is 0 Å². The molecule has 3 N–H and O–H groups in total. The van der Waals surface area contributed by atoms with Crippen molar-refractivity contribution in [1.82, 2.24) is 5.32 Å². The SMILES string of the molecule is CC(=N)/C(C(C)=O)=C(\O)COC(=O)[C@@H](NC(=O)c1ccc(C(C)(C)C)cc1)C(C)C. The first-order valence-corrected chi connectivity index (χ1v) is 9.82. The first-order valence-electron chi connectivity index (χ1n) is 9.82. The highest BCUT2D eigenvalue weighted by atomic mass is 16.5. The number of allylic oxidation sites excluding steroid dienone is 1. The van der Waals surface area contributed by atoms with E-state index in [0.29, 0.717) is 5.56 Å². The number of hydrogen-bond donors (Lipinski definition) is 3. The minimum Gasteiger partial charge on any atom is -0.508 e. The lowest BCUT2D eigenvalue weighted by molar-refractivity contribution is -0.147. The number of ketones is 1. The Hall–Kier alpha value is -2.96. The molecule has 0 radical (unpaired) electrons. The summed E-state index contributed by atoms with van der Waals surface area (Å²) in [7, 11) is 0. The first-order chi connectivity index (χ1) is 13.8. The minimum absolute atomic E-state index is 0.0393. The van der Waals surface area contributed by atoms with Crippen LogP contribution in [0.3, 0.4) is 0 Å². The predicted molar refractivity (Wildman–Crippen MR) is 116 cm³/mol. The summed E-state index contributed by atoms with van der Waals surface area (Å²) in [6, 6.07) is 6.24. The smallest absolute Gasteiger partial charge is 0.329 e. The zero-order valence-electron chi connectivity index (χ0n) is 18.8. The predicted octanol–water partition coefficient (Wildman–Crippen LogP) is 3.72. The van der Waals surface area contributed by atoms with Crippen molar-refractivity contribution in [2.45, 2.75) is 59.9 Å². The summed E-state index contributed by atoms with van der Waals surface area (Å²) >= 11 is 0. The number of esters is 1. The van der Waals surface area contributed by atoms with Gasteiger partial charge in [0.15, 0.2) is 5.78 Å². The van der Waals surface area contributed by atoms with E-state index in [9.17, 15) is 19.5 Å². The van der Waals surface area contributed by atoms with E-state index in [4.69, 9.17) is 10.1 Å². The second kappa shape index (κ2) is 10.2. The normalized spacial score (nSPS) is 13.3. The van der Waals surface area contributed by atoms with E-state index in [1.807, 2.05) is 12.1 Å². The van der Waals surface area contributed by atoms with Gasteiger partial charge in [-0.05, 0) is 42.9 Å². The Morgan fingerprint density at radius 1 is 1.10 bits per heavy atom. The summed E-state index contributed by atoms with van der Waals surface area (Å²) in [5.74, 6) is -2.40. The number of rotatable bonds is 8. The molecular formula is C23H32N2O5. The molecule has 1 amide bonds. The molecule has 164 valence electrons. The van der Waals surface area contributed by atoms with E-state index >= 15 is 0 Å². The quantitative estimate of drug-likeness (QED) is 0.258. The number of aliphatic hydroxyl groups excluding tert-OH is 1. The van der Waals surface area contributed by atoms with Crippen molar-refractivity contribution in [2.75, 3.05) is 6.61 Å². The van der Waals surface area contributed by atoms with E-state index in [1.54, 1.807) is 26.0 Å². The van der Waals surface area contributed by atoms with Crippen LogP contribution in [0.15, 0.2) is 35.6 Å². The maximum Gasteiger partial charge on any atom is 0.329 e. The number of ether oxygens (including phenoxy) is 1. The maximum absolute atomic E-state index is 12.6. The molecule has 7 nitrogen and oxygen atoms in total. The molecule has 0 bridgehead atoms. The number of nitrogens with one attached hydrogen (secondary N) is 2. The highest BCUT2D eigenvalue weighted by Gasteiger charge is 2.27. The largest absolute Gasteiger partial charge is 0.508 e. The van der Waals surface area contributed by atoms with Crippen molar-refractivity contribution in [1.29, 1.82) is 5.41 Å². The van der Waals surface area contributed by atoms with Crippen molar-refractivity contribution in [2.24, 2.45) is 5.92 Å². The Morgan fingerprint density at radius 2 is 1.63 bits per heavy atom. The third-order valence-electron chi connectivity index (χ3n) is 4.59. The van der Waals surface area contributed by atoms with Crippen LogP contribution in [0.2, 0.25) is 0 Å². The summed E-state index contributed by atoms with van der Waals surface area (Å²) in [5, 5.41) is 20.2. The standard InChI is InChI=1S/C23H32N2O5/c1-13(2)20(22(29)30-12-18(27)19(14(3)24)15(4)26)25-21(28)16-8-10-17(11-9-16)23(5,6)7/h8-11,13,20,24,27H,12H2,1-7H3,(H,25,28)/b19-18+,24-14?/t20-/m0/s1. The Labute approximate surface area is 178 Å². The van der Waals surface area contributed by atoms with Crippen LogP contribution in [0.25, 0.3) is 0 Å². The number of aliphatic hydroxyl groups is 1. The van der Waals surface area contributed by atoms with Crippen LogP contribution < -0.4 is 5.32 Å². The van der Waals surface area contributed by atoms with Crippen LogP contribution in [0.1, 0.15) is 64.4 Å². The minimum atomic E-state index is -0.936. The van der Waals surface area contributed by atoms with Crippen LogP contribution in [-0.2, 0) is 19.7 Å². The number of benzene rings is 1. The van der Waals surface area contributed by atoms with E-state index in [1.165, 1.54) is 13.8 Å². The van der Waals surface area contributed by atoms with Crippen LogP contribution >= 0.6 is 0 Å². The molecule has 7 heteroatoms. The lowest BCUT2D eigenvalue weighted by Crippen LogP contribution is -2.45. The van der Waals surface area contributed by atoms with E-state index in [0.717, 1.165) is 5.56 Å². The summed E-state index contributed by atoms with van der Waals surface area (Å²) < 4.78 is 5.10. The zero-order chi connectivity index (χ0) is 23.2. The van der Waals surface area contributed by atoms with Gasteiger partial charge in [-0.1, -0.05) is 46.8 Å².